The lowest BCUT2D eigenvalue weighted by atomic mass is 10.1. The summed E-state index contributed by atoms with van der Waals surface area (Å²) in [6.07, 6.45) is 0.714. The number of rotatable bonds is 6. The largest absolute Gasteiger partial charge is 0.444 e. The van der Waals surface area contributed by atoms with Crippen molar-refractivity contribution in [2.75, 3.05) is 13.1 Å². The highest BCUT2D eigenvalue weighted by atomic mass is 35.5. The molecule has 2 rings (SSSR count). The van der Waals surface area contributed by atoms with Gasteiger partial charge in [0, 0.05) is 18.8 Å². The maximum absolute atomic E-state index is 11.9. The Labute approximate surface area is 147 Å². The molecule has 1 fully saturated rings. The first-order valence-corrected chi connectivity index (χ1v) is 8.50. The number of aromatic nitrogens is 1. The molecule has 1 aromatic heterocycles. The van der Waals surface area contributed by atoms with Crippen LogP contribution in [0.25, 0.3) is 0 Å². The van der Waals surface area contributed by atoms with Crippen LogP contribution in [0.15, 0.2) is 12.1 Å². The Balaban J connectivity index is 1.80. The van der Waals surface area contributed by atoms with Crippen LogP contribution in [0.3, 0.4) is 0 Å². The predicted octanol–water partition coefficient (Wildman–Crippen LogP) is 2.72. The zero-order valence-corrected chi connectivity index (χ0v) is 15.4. The number of nitrogens with one attached hydrogen (secondary N) is 2. The highest BCUT2D eigenvalue weighted by molar-refractivity contribution is 6.29. The van der Waals surface area contributed by atoms with Crippen LogP contribution in [-0.2, 0) is 4.74 Å². The van der Waals surface area contributed by atoms with Gasteiger partial charge in [0.2, 0.25) is 0 Å². The smallest absolute Gasteiger partial charge is 0.408 e. The van der Waals surface area contributed by atoms with Gasteiger partial charge < -0.3 is 20.5 Å². The van der Waals surface area contributed by atoms with Crippen LogP contribution < -0.4 is 10.6 Å². The fourth-order valence-corrected chi connectivity index (χ4v) is 2.69. The molecule has 0 radical (unpaired) electrons. The van der Waals surface area contributed by atoms with Crippen LogP contribution in [0.1, 0.15) is 51.0 Å². The molecule has 1 aliphatic rings. The van der Waals surface area contributed by atoms with E-state index in [2.05, 4.69) is 15.6 Å². The van der Waals surface area contributed by atoms with Crippen molar-refractivity contribution in [3.05, 3.63) is 28.5 Å². The standard InChI is InChI=1S/C17H26ClN3O3/c1-11-7-12(8-14(18)20-11)13(22)9-19-10-17(5-6-17)21-15(23)24-16(2,3)4/h7-8,13,19,22H,5-6,9-10H2,1-4H3,(H,21,23). The maximum Gasteiger partial charge on any atom is 0.408 e. The van der Waals surface area contributed by atoms with Gasteiger partial charge in [0.25, 0.3) is 0 Å². The number of ether oxygens (including phenoxy) is 1. The first kappa shape index (κ1) is 19.0. The van der Waals surface area contributed by atoms with Crippen LogP contribution in [-0.4, -0.2) is 40.4 Å². The number of carbonyl (C=O) groups is 1. The van der Waals surface area contributed by atoms with Gasteiger partial charge in [-0.2, -0.15) is 0 Å². The average Bonchev–Trinajstić information content (AvgIpc) is 3.14. The maximum atomic E-state index is 11.9. The number of amides is 1. The monoisotopic (exact) mass is 355 g/mol. The second kappa shape index (κ2) is 7.25. The zero-order valence-electron chi connectivity index (χ0n) is 14.6. The Morgan fingerprint density at radius 1 is 1.46 bits per heavy atom. The van der Waals surface area contributed by atoms with Crippen LogP contribution in [0.5, 0.6) is 0 Å². The SMILES string of the molecule is Cc1cc(C(O)CNCC2(NC(=O)OC(C)(C)C)CC2)cc(Cl)n1. The number of hydrogen-bond acceptors (Lipinski definition) is 5. The van der Waals surface area contributed by atoms with Gasteiger partial charge in [0.15, 0.2) is 0 Å². The Kier molecular flexibility index (Phi) is 5.73. The number of aryl methyl sites for hydroxylation is 1. The summed E-state index contributed by atoms with van der Waals surface area (Å²) in [5, 5.41) is 16.8. The number of carbonyl (C=O) groups excluding carboxylic acids is 1. The summed E-state index contributed by atoms with van der Waals surface area (Å²) in [6.45, 7) is 8.30. The van der Waals surface area contributed by atoms with E-state index >= 15 is 0 Å². The van der Waals surface area contributed by atoms with Crippen molar-refractivity contribution in [3.8, 4) is 0 Å². The van der Waals surface area contributed by atoms with E-state index in [0.717, 1.165) is 24.1 Å². The van der Waals surface area contributed by atoms with Crippen molar-refractivity contribution in [1.29, 1.82) is 0 Å². The summed E-state index contributed by atoms with van der Waals surface area (Å²) in [5.41, 5.74) is 0.711. The lowest BCUT2D eigenvalue weighted by Gasteiger charge is -2.24. The predicted molar refractivity (Wildman–Crippen MR) is 93.1 cm³/mol. The topological polar surface area (TPSA) is 83.5 Å². The number of hydrogen-bond donors (Lipinski definition) is 3. The van der Waals surface area contributed by atoms with Gasteiger partial charge in [0.05, 0.1) is 11.6 Å². The van der Waals surface area contributed by atoms with Crippen molar-refractivity contribution in [2.45, 2.75) is 57.8 Å². The number of nitrogens with zero attached hydrogens (tertiary/aromatic N) is 1. The molecule has 1 heterocycles. The molecular weight excluding hydrogens is 330 g/mol. The third-order valence-electron chi connectivity index (χ3n) is 3.75. The minimum Gasteiger partial charge on any atom is -0.444 e. The van der Waals surface area contributed by atoms with Crippen LogP contribution >= 0.6 is 11.6 Å². The molecule has 1 saturated carbocycles. The molecule has 1 atom stereocenters. The lowest BCUT2D eigenvalue weighted by molar-refractivity contribution is 0.0495. The molecule has 24 heavy (non-hydrogen) atoms. The van der Waals surface area contributed by atoms with Gasteiger partial charge in [-0.05, 0) is 58.2 Å². The first-order chi connectivity index (χ1) is 11.1. The molecule has 0 aliphatic heterocycles. The highest BCUT2D eigenvalue weighted by Gasteiger charge is 2.44. The third-order valence-corrected chi connectivity index (χ3v) is 3.94. The van der Waals surface area contributed by atoms with Gasteiger partial charge in [-0.15, -0.1) is 0 Å². The van der Waals surface area contributed by atoms with Crippen molar-refractivity contribution in [2.24, 2.45) is 0 Å². The average molecular weight is 356 g/mol. The molecule has 0 saturated heterocycles. The summed E-state index contributed by atoms with van der Waals surface area (Å²) in [7, 11) is 0. The number of pyridine rings is 1. The van der Waals surface area contributed by atoms with Gasteiger partial charge in [-0.1, -0.05) is 11.6 Å². The van der Waals surface area contributed by atoms with Crippen molar-refractivity contribution in [3.63, 3.8) is 0 Å². The van der Waals surface area contributed by atoms with Gasteiger partial charge in [0.1, 0.15) is 10.8 Å². The van der Waals surface area contributed by atoms with E-state index in [0.29, 0.717) is 18.2 Å². The number of halogens is 1. The lowest BCUT2D eigenvalue weighted by Crippen LogP contribution is -2.46. The summed E-state index contributed by atoms with van der Waals surface area (Å²) in [5.74, 6) is 0. The normalized spacial score (nSPS) is 17.2. The Bertz CT molecular complexity index is 577. The second-order valence-electron chi connectivity index (χ2n) is 7.42. The molecule has 1 aliphatic carbocycles. The third kappa shape index (κ3) is 5.92. The molecule has 3 N–H and O–H groups in total. The second-order valence-corrected chi connectivity index (χ2v) is 7.81. The van der Waals surface area contributed by atoms with Crippen LogP contribution in [0, 0.1) is 6.92 Å². The van der Waals surface area contributed by atoms with Crippen molar-refractivity contribution in [1.82, 2.24) is 15.6 Å². The Hall–Kier alpha value is -1.37. The van der Waals surface area contributed by atoms with Gasteiger partial charge in [-0.25, -0.2) is 9.78 Å². The summed E-state index contributed by atoms with van der Waals surface area (Å²) >= 11 is 5.92. The van der Waals surface area contributed by atoms with Gasteiger partial charge >= 0.3 is 6.09 Å². The molecule has 6 nitrogen and oxygen atoms in total. The summed E-state index contributed by atoms with van der Waals surface area (Å²) < 4.78 is 5.29. The van der Waals surface area contributed by atoms with E-state index in [1.807, 2.05) is 33.8 Å². The minimum absolute atomic E-state index is 0.270. The zero-order chi connectivity index (χ0) is 18.0. The van der Waals surface area contributed by atoms with Crippen LogP contribution in [0.2, 0.25) is 5.15 Å². The van der Waals surface area contributed by atoms with Gasteiger partial charge in [-0.3, -0.25) is 0 Å². The van der Waals surface area contributed by atoms with Crippen LogP contribution in [0.4, 0.5) is 4.79 Å². The Morgan fingerprint density at radius 2 is 2.12 bits per heavy atom. The van der Waals surface area contributed by atoms with Crippen molar-refractivity contribution >= 4 is 17.7 Å². The molecule has 7 heteroatoms. The molecule has 134 valence electrons. The quantitative estimate of drug-likeness (QED) is 0.683. The molecule has 1 aromatic rings. The molecule has 1 unspecified atom stereocenters. The number of aliphatic hydroxyl groups is 1. The molecule has 0 spiro atoms. The summed E-state index contributed by atoms with van der Waals surface area (Å²) in [4.78, 5) is 16.0. The Morgan fingerprint density at radius 3 is 2.67 bits per heavy atom. The fourth-order valence-electron chi connectivity index (χ4n) is 2.43. The van der Waals surface area contributed by atoms with E-state index in [-0.39, 0.29) is 5.54 Å². The van der Waals surface area contributed by atoms with Crippen molar-refractivity contribution < 1.29 is 14.6 Å². The van der Waals surface area contributed by atoms with E-state index in [4.69, 9.17) is 16.3 Å². The van der Waals surface area contributed by atoms with E-state index in [1.54, 1.807) is 6.07 Å². The number of alkyl carbamates (subject to hydrolysis) is 1. The summed E-state index contributed by atoms with van der Waals surface area (Å²) in [6, 6.07) is 3.47. The fraction of sp³-hybridized carbons (Fsp3) is 0.647. The number of aliphatic hydroxyl groups excluding tert-OH is 1. The molecule has 0 bridgehead atoms. The van der Waals surface area contributed by atoms with E-state index in [1.165, 1.54) is 0 Å². The van der Waals surface area contributed by atoms with E-state index in [9.17, 15) is 9.90 Å². The minimum atomic E-state index is -0.679. The van der Waals surface area contributed by atoms with E-state index < -0.39 is 17.8 Å². The first-order valence-electron chi connectivity index (χ1n) is 8.13. The molecule has 0 aromatic carbocycles. The molecular formula is C17H26ClN3O3. The molecule has 1 amide bonds. The highest BCUT2D eigenvalue weighted by Crippen LogP contribution is 2.35.